The Labute approximate surface area is 132 Å². The molecule has 0 bridgehead atoms. The maximum absolute atomic E-state index is 11.6. The van der Waals surface area contributed by atoms with Gasteiger partial charge in [0.2, 0.25) is 0 Å². The third-order valence-electron chi connectivity index (χ3n) is 3.00. The predicted molar refractivity (Wildman–Crippen MR) is 79.7 cm³/mol. The lowest BCUT2D eigenvalue weighted by molar-refractivity contribution is -0.150. The Bertz CT molecular complexity index is 546. The van der Waals surface area contributed by atoms with Gasteiger partial charge in [0.15, 0.2) is 6.10 Å². The van der Waals surface area contributed by atoms with Crippen LogP contribution in [0.3, 0.4) is 0 Å². The number of aliphatic hydroxyl groups excluding tert-OH is 5. The standard InChI is InChI=1S/C15H19NO7/c17-8-10(18)12(20)13(21)14(22)15(23)16-11(19)7-6-9-4-2-1-3-5-9/h1-7,10,12-14,17-18,20-22H,8H2,(H,16,19,23)/b7-6+/t10-,12-,13+,14-/m1/s1. The number of hydrogen-bond acceptors (Lipinski definition) is 7. The number of hydrogen-bond donors (Lipinski definition) is 6. The van der Waals surface area contributed by atoms with Crippen molar-refractivity contribution in [3.05, 3.63) is 42.0 Å². The summed E-state index contributed by atoms with van der Waals surface area (Å²) in [5.74, 6) is -2.08. The zero-order valence-electron chi connectivity index (χ0n) is 12.1. The number of aliphatic hydroxyl groups is 5. The Balaban J connectivity index is 2.57. The van der Waals surface area contributed by atoms with Gasteiger partial charge in [-0.1, -0.05) is 30.3 Å². The summed E-state index contributed by atoms with van der Waals surface area (Å²) in [7, 11) is 0. The summed E-state index contributed by atoms with van der Waals surface area (Å²) in [5, 5.41) is 48.0. The second kappa shape index (κ2) is 9.13. The Morgan fingerprint density at radius 1 is 1.04 bits per heavy atom. The van der Waals surface area contributed by atoms with Crippen LogP contribution in [0.5, 0.6) is 0 Å². The Kier molecular flexibility index (Phi) is 7.52. The predicted octanol–water partition coefficient (Wildman–Crippen LogP) is -2.22. The fourth-order valence-electron chi connectivity index (χ4n) is 1.65. The first-order valence-corrected chi connectivity index (χ1v) is 6.78. The van der Waals surface area contributed by atoms with Crippen LogP contribution in [0.4, 0.5) is 0 Å². The molecule has 23 heavy (non-hydrogen) atoms. The summed E-state index contributed by atoms with van der Waals surface area (Å²) >= 11 is 0. The highest BCUT2D eigenvalue weighted by atomic mass is 16.4. The van der Waals surface area contributed by atoms with Gasteiger partial charge >= 0.3 is 0 Å². The normalized spacial score (nSPS) is 16.6. The van der Waals surface area contributed by atoms with Crippen LogP contribution >= 0.6 is 0 Å². The van der Waals surface area contributed by atoms with Crippen molar-refractivity contribution in [3.8, 4) is 0 Å². The van der Waals surface area contributed by atoms with E-state index >= 15 is 0 Å². The molecule has 126 valence electrons. The lowest BCUT2D eigenvalue weighted by atomic mass is 10.0. The monoisotopic (exact) mass is 325 g/mol. The molecule has 0 saturated carbocycles. The molecule has 0 heterocycles. The van der Waals surface area contributed by atoms with Crippen LogP contribution in [0, 0.1) is 0 Å². The highest BCUT2D eigenvalue weighted by Crippen LogP contribution is 2.05. The number of amides is 2. The molecule has 0 aliphatic heterocycles. The Hall–Kier alpha value is -2.10. The van der Waals surface area contributed by atoms with Gasteiger partial charge in [-0.25, -0.2) is 0 Å². The van der Waals surface area contributed by atoms with E-state index in [0.29, 0.717) is 0 Å². The smallest absolute Gasteiger partial charge is 0.258 e. The molecule has 2 amide bonds. The third kappa shape index (κ3) is 5.89. The van der Waals surface area contributed by atoms with Crippen molar-refractivity contribution in [2.45, 2.75) is 24.4 Å². The Morgan fingerprint density at radius 3 is 2.22 bits per heavy atom. The van der Waals surface area contributed by atoms with Crippen LogP contribution in [0.2, 0.25) is 0 Å². The summed E-state index contributed by atoms with van der Waals surface area (Å²) in [5.41, 5.74) is 0.720. The summed E-state index contributed by atoms with van der Waals surface area (Å²) in [4.78, 5) is 23.1. The molecule has 0 saturated heterocycles. The molecule has 0 unspecified atom stereocenters. The van der Waals surface area contributed by atoms with Crippen LogP contribution < -0.4 is 5.32 Å². The van der Waals surface area contributed by atoms with Gasteiger partial charge < -0.3 is 25.5 Å². The molecule has 8 heteroatoms. The van der Waals surface area contributed by atoms with E-state index in [1.54, 1.807) is 30.3 Å². The molecule has 1 rings (SSSR count). The molecular weight excluding hydrogens is 306 g/mol. The van der Waals surface area contributed by atoms with Gasteiger partial charge in [-0.3, -0.25) is 14.9 Å². The van der Waals surface area contributed by atoms with Gasteiger partial charge in [0, 0.05) is 6.08 Å². The van der Waals surface area contributed by atoms with Crippen molar-refractivity contribution in [3.63, 3.8) is 0 Å². The highest BCUT2D eigenvalue weighted by Gasteiger charge is 2.34. The van der Waals surface area contributed by atoms with Crippen molar-refractivity contribution >= 4 is 17.9 Å². The van der Waals surface area contributed by atoms with E-state index in [-0.39, 0.29) is 0 Å². The summed E-state index contributed by atoms with van der Waals surface area (Å²) in [6, 6.07) is 8.78. The van der Waals surface area contributed by atoms with Crippen LogP contribution in [-0.4, -0.2) is 68.4 Å². The van der Waals surface area contributed by atoms with Gasteiger partial charge in [0.05, 0.1) is 6.61 Å². The largest absolute Gasteiger partial charge is 0.394 e. The van der Waals surface area contributed by atoms with E-state index in [1.165, 1.54) is 6.08 Å². The first kappa shape index (κ1) is 18.9. The molecule has 4 atom stereocenters. The van der Waals surface area contributed by atoms with Gasteiger partial charge in [-0.15, -0.1) is 0 Å². The summed E-state index contributed by atoms with van der Waals surface area (Å²) in [6.45, 7) is -0.870. The van der Waals surface area contributed by atoms with Crippen molar-refractivity contribution < 1.29 is 35.1 Å². The minimum absolute atomic E-state index is 0.720. The van der Waals surface area contributed by atoms with Gasteiger partial charge in [-0.2, -0.15) is 0 Å². The number of benzene rings is 1. The first-order valence-electron chi connectivity index (χ1n) is 6.78. The fourth-order valence-corrected chi connectivity index (χ4v) is 1.65. The number of carbonyl (C=O) groups is 2. The molecule has 0 aromatic heterocycles. The number of imide groups is 1. The van der Waals surface area contributed by atoms with Crippen molar-refractivity contribution in [1.82, 2.24) is 5.32 Å². The zero-order chi connectivity index (χ0) is 17.4. The SMILES string of the molecule is O=C(/C=C/c1ccccc1)NC(=O)[C@H](O)[C@@H](O)[C@H](O)[C@H](O)CO. The van der Waals surface area contributed by atoms with Gasteiger partial charge in [0.25, 0.3) is 11.8 Å². The second-order valence-electron chi connectivity index (χ2n) is 4.77. The second-order valence-corrected chi connectivity index (χ2v) is 4.77. The van der Waals surface area contributed by atoms with Crippen molar-refractivity contribution in [2.75, 3.05) is 6.61 Å². The van der Waals surface area contributed by atoms with Crippen molar-refractivity contribution in [2.24, 2.45) is 0 Å². The molecule has 0 radical (unpaired) electrons. The van der Waals surface area contributed by atoms with Gasteiger partial charge in [-0.05, 0) is 11.6 Å². The van der Waals surface area contributed by atoms with E-state index < -0.39 is 42.8 Å². The van der Waals surface area contributed by atoms with E-state index in [1.807, 2.05) is 5.32 Å². The molecule has 0 aliphatic carbocycles. The fraction of sp³-hybridized carbons (Fsp3) is 0.333. The quantitative estimate of drug-likeness (QED) is 0.311. The summed E-state index contributed by atoms with van der Waals surface area (Å²) in [6.07, 6.45) is -5.40. The average molecular weight is 325 g/mol. The molecule has 0 aliphatic rings. The van der Waals surface area contributed by atoms with Crippen LogP contribution in [0.25, 0.3) is 6.08 Å². The van der Waals surface area contributed by atoms with E-state index in [4.69, 9.17) is 10.2 Å². The molecule has 1 aromatic rings. The Morgan fingerprint density at radius 2 is 1.65 bits per heavy atom. The first-order chi connectivity index (χ1) is 10.9. The molecule has 0 spiro atoms. The van der Waals surface area contributed by atoms with Crippen LogP contribution in [0.15, 0.2) is 36.4 Å². The van der Waals surface area contributed by atoms with Gasteiger partial charge in [0.1, 0.15) is 18.3 Å². The van der Waals surface area contributed by atoms with Crippen molar-refractivity contribution in [1.29, 1.82) is 0 Å². The average Bonchev–Trinajstić information content (AvgIpc) is 2.58. The molecule has 1 aromatic carbocycles. The minimum Gasteiger partial charge on any atom is -0.394 e. The molecule has 8 nitrogen and oxygen atoms in total. The molecular formula is C15H19NO7. The number of rotatable bonds is 7. The maximum atomic E-state index is 11.6. The topological polar surface area (TPSA) is 147 Å². The third-order valence-corrected chi connectivity index (χ3v) is 3.00. The van der Waals surface area contributed by atoms with E-state index in [2.05, 4.69) is 0 Å². The summed E-state index contributed by atoms with van der Waals surface area (Å²) < 4.78 is 0. The lowest BCUT2D eigenvalue weighted by Gasteiger charge is -2.24. The molecule has 6 N–H and O–H groups in total. The van der Waals surface area contributed by atoms with E-state index in [0.717, 1.165) is 11.6 Å². The maximum Gasteiger partial charge on any atom is 0.258 e. The van der Waals surface area contributed by atoms with Crippen LogP contribution in [0.1, 0.15) is 5.56 Å². The lowest BCUT2D eigenvalue weighted by Crippen LogP contribution is -2.52. The number of carbonyl (C=O) groups excluding carboxylic acids is 2. The van der Waals surface area contributed by atoms with Crippen LogP contribution in [-0.2, 0) is 9.59 Å². The van der Waals surface area contributed by atoms with E-state index in [9.17, 15) is 24.9 Å². The highest BCUT2D eigenvalue weighted by molar-refractivity contribution is 6.04. The minimum atomic E-state index is -2.15. The molecule has 0 fully saturated rings. The zero-order valence-corrected chi connectivity index (χ0v) is 12.1. The number of nitrogens with one attached hydrogen (secondary N) is 1.